The smallest absolute Gasteiger partial charge is 0.200 e. The first-order chi connectivity index (χ1) is 9.47. The summed E-state index contributed by atoms with van der Waals surface area (Å²) in [5, 5.41) is 0. The molecule has 2 aromatic rings. The maximum atomic E-state index is 13.6. The van der Waals surface area contributed by atoms with E-state index in [9.17, 15) is 22.0 Å². The zero-order valence-corrected chi connectivity index (χ0v) is 10.6. The van der Waals surface area contributed by atoms with Gasteiger partial charge in [-0.25, -0.2) is 22.0 Å². The average Bonchev–Trinajstić information content (AvgIpc) is 2.89. The fourth-order valence-electron chi connectivity index (χ4n) is 1.82. The molecule has 6 heteroatoms. The Bertz CT molecular complexity index is 604. The van der Waals surface area contributed by atoms with E-state index >= 15 is 0 Å². The highest BCUT2D eigenvalue weighted by molar-refractivity contribution is 5.60. The number of benzene rings is 1. The molecule has 0 fully saturated rings. The van der Waals surface area contributed by atoms with Gasteiger partial charge in [0.25, 0.3) is 0 Å². The molecular formula is C14H11F5O. The summed E-state index contributed by atoms with van der Waals surface area (Å²) in [6, 6.07) is 2.66. The van der Waals surface area contributed by atoms with Crippen LogP contribution in [0.25, 0.3) is 11.3 Å². The maximum Gasteiger partial charge on any atom is 0.200 e. The van der Waals surface area contributed by atoms with Crippen LogP contribution in [-0.4, -0.2) is 0 Å². The van der Waals surface area contributed by atoms with Crippen molar-refractivity contribution < 1.29 is 26.4 Å². The molecule has 1 aromatic heterocycles. The Hall–Kier alpha value is -1.85. The topological polar surface area (TPSA) is 13.1 Å². The van der Waals surface area contributed by atoms with Crippen molar-refractivity contribution in [3.8, 4) is 11.3 Å². The zero-order chi connectivity index (χ0) is 14.9. The van der Waals surface area contributed by atoms with Crippen molar-refractivity contribution in [2.24, 2.45) is 0 Å². The molecule has 0 bridgehead atoms. The molecule has 2 rings (SSSR count). The summed E-state index contributed by atoms with van der Waals surface area (Å²) in [5.41, 5.74) is -1.04. The van der Waals surface area contributed by atoms with Gasteiger partial charge in [-0.2, -0.15) is 0 Å². The number of hydrogen-bond donors (Lipinski definition) is 0. The molecule has 0 saturated heterocycles. The van der Waals surface area contributed by atoms with Crippen LogP contribution in [0, 0.1) is 29.1 Å². The van der Waals surface area contributed by atoms with E-state index in [-0.39, 0.29) is 5.76 Å². The largest absolute Gasteiger partial charge is 0.461 e. The van der Waals surface area contributed by atoms with Gasteiger partial charge in [-0.05, 0) is 18.6 Å². The van der Waals surface area contributed by atoms with Gasteiger partial charge in [0, 0.05) is 6.42 Å². The predicted molar refractivity (Wildman–Crippen MR) is 62.5 cm³/mol. The number of hydrogen-bond acceptors (Lipinski definition) is 1. The van der Waals surface area contributed by atoms with Crippen LogP contribution in [-0.2, 0) is 6.42 Å². The number of rotatable bonds is 4. The predicted octanol–water partition coefficient (Wildman–Crippen LogP) is 4.98. The minimum absolute atomic E-state index is 0.371. The summed E-state index contributed by atoms with van der Waals surface area (Å²) in [6.45, 7) is 1.95. The number of halogens is 5. The fraction of sp³-hybridized carbons (Fsp3) is 0.286. The second-order valence-electron chi connectivity index (χ2n) is 4.31. The molecule has 0 aliphatic heterocycles. The van der Waals surface area contributed by atoms with E-state index < -0.39 is 34.6 Å². The van der Waals surface area contributed by atoms with E-state index in [2.05, 4.69) is 0 Å². The van der Waals surface area contributed by atoms with Gasteiger partial charge >= 0.3 is 0 Å². The Morgan fingerprint density at radius 3 is 1.95 bits per heavy atom. The molecule has 1 aromatic carbocycles. The molecule has 0 aliphatic rings. The molecule has 1 nitrogen and oxygen atoms in total. The van der Waals surface area contributed by atoms with E-state index in [4.69, 9.17) is 4.42 Å². The molecule has 0 radical (unpaired) electrons. The summed E-state index contributed by atoms with van der Waals surface area (Å²) in [4.78, 5) is 0. The molecule has 108 valence electrons. The summed E-state index contributed by atoms with van der Waals surface area (Å²) in [5.74, 6) is -9.86. The first kappa shape index (κ1) is 14.6. The summed E-state index contributed by atoms with van der Waals surface area (Å²) >= 11 is 0. The molecule has 20 heavy (non-hydrogen) atoms. The third-order valence-corrected chi connectivity index (χ3v) is 2.89. The third-order valence-electron chi connectivity index (χ3n) is 2.89. The van der Waals surface area contributed by atoms with Crippen LogP contribution in [0.4, 0.5) is 22.0 Å². The van der Waals surface area contributed by atoms with Crippen molar-refractivity contribution in [1.29, 1.82) is 0 Å². The minimum atomic E-state index is -2.18. The monoisotopic (exact) mass is 290 g/mol. The summed E-state index contributed by atoms with van der Waals surface area (Å²) < 4.78 is 71.4. The standard InChI is InChI=1S/C14H11F5O/c1-2-3-4-7-5-6-8(20-7)9-10(15)12(17)14(19)13(18)11(9)16/h5-6H,2-4H2,1H3. The molecule has 0 N–H and O–H groups in total. The fourth-order valence-corrected chi connectivity index (χ4v) is 1.82. The van der Waals surface area contributed by atoms with Gasteiger partial charge in [-0.1, -0.05) is 13.3 Å². The molecule has 0 saturated carbocycles. The van der Waals surface area contributed by atoms with Crippen molar-refractivity contribution in [1.82, 2.24) is 0 Å². The maximum absolute atomic E-state index is 13.6. The number of aryl methyl sites for hydroxylation is 1. The van der Waals surface area contributed by atoms with E-state index in [1.807, 2.05) is 6.92 Å². The lowest BCUT2D eigenvalue weighted by Crippen LogP contribution is -2.03. The Labute approximate surface area is 112 Å². The van der Waals surface area contributed by atoms with Crippen LogP contribution in [0.1, 0.15) is 25.5 Å². The first-order valence-corrected chi connectivity index (χ1v) is 6.07. The molecule has 0 spiro atoms. The van der Waals surface area contributed by atoms with Crippen molar-refractivity contribution in [2.45, 2.75) is 26.2 Å². The van der Waals surface area contributed by atoms with Crippen LogP contribution in [0.2, 0.25) is 0 Å². The second-order valence-corrected chi connectivity index (χ2v) is 4.31. The normalized spacial score (nSPS) is 11.1. The molecule has 0 atom stereocenters. The lowest BCUT2D eigenvalue weighted by atomic mass is 10.1. The molecule has 0 amide bonds. The Morgan fingerprint density at radius 1 is 0.850 bits per heavy atom. The van der Waals surface area contributed by atoms with Crippen molar-refractivity contribution >= 4 is 0 Å². The van der Waals surface area contributed by atoms with Gasteiger partial charge in [0.15, 0.2) is 23.3 Å². The van der Waals surface area contributed by atoms with E-state index in [0.717, 1.165) is 12.8 Å². The third kappa shape index (κ3) is 2.42. The molecule has 1 heterocycles. The molecule has 0 unspecified atom stereocenters. The van der Waals surface area contributed by atoms with Crippen molar-refractivity contribution in [3.63, 3.8) is 0 Å². The molecular weight excluding hydrogens is 279 g/mol. The average molecular weight is 290 g/mol. The quantitative estimate of drug-likeness (QED) is 0.439. The number of furan rings is 1. The Kier molecular flexibility index (Phi) is 4.11. The van der Waals surface area contributed by atoms with Crippen molar-refractivity contribution in [3.05, 3.63) is 47.0 Å². The van der Waals surface area contributed by atoms with E-state index in [0.29, 0.717) is 12.2 Å². The van der Waals surface area contributed by atoms with Crippen LogP contribution in [0.5, 0.6) is 0 Å². The van der Waals surface area contributed by atoms with Gasteiger partial charge < -0.3 is 4.42 Å². The van der Waals surface area contributed by atoms with Gasteiger partial charge in [0.2, 0.25) is 5.82 Å². The molecule has 0 aliphatic carbocycles. The highest BCUT2D eigenvalue weighted by Gasteiger charge is 2.28. The second kappa shape index (κ2) is 5.64. The first-order valence-electron chi connectivity index (χ1n) is 6.07. The van der Waals surface area contributed by atoms with Crippen molar-refractivity contribution in [2.75, 3.05) is 0 Å². The van der Waals surface area contributed by atoms with Crippen LogP contribution >= 0.6 is 0 Å². The highest BCUT2D eigenvalue weighted by Crippen LogP contribution is 2.32. The minimum Gasteiger partial charge on any atom is -0.461 e. The Morgan fingerprint density at radius 2 is 1.40 bits per heavy atom. The SMILES string of the molecule is CCCCc1ccc(-c2c(F)c(F)c(F)c(F)c2F)o1. The van der Waals surface area contributed by atoms with E-state index in [1.54, 1.807) is 0 Å². The Balaban J connectivity index is 2.50. The van der Waals surface area contributed by atoms with Crippen LogP contribution in [0.15, 0.2) is 16.5 Å². The lowest BCUT2D eigenvalue weighted by Gasteiger charge is -2.05. The van der Waals surface area contributed by atoms with E-state index in [1.165, 1.54) is 12.1 Å². The number of unbranched alkanes of at least 4 members (excludes halogenated alkanes) is 1. The van der Waals surface area contributed by atoms with Gasteiger partial charge in [0.1, 0.15) is 11.5 Å². The van der Waals surface area contributed by atoms with Crippen LogP contribution < -0.4 is 0 Å². The van der Waals surface area contributed by atoms with Crippen LogP contribution in [0.3, 0.4) is 0 Å². The lowest BCUT2D eigenvalue weighted by molar-refractivity contribution is 0.378. The van der Waals surface area contributed by atoms with Gasteiger partial charge in [-0.15, -0.1) is 0 Å². The van der Waals surface area contributed by atoms with Gasteiger partial charge in [-0.3, -0.25) is 0 Å². The zero-order valence-electron chi connectivity index (χ0n) is 10.6. The van der Waals surface area contributed by atoms with Gasteiger partial charge in [0.05, 0.1) is 5.56 Å². The summed E-state index contributed by atoms with van der Waals surface area (Å²) in [7, 11) is 0. The highest BCUT2D eigenvalue weighted by atomic mass is 19.2. The summed E-state index contributed by atoms with van der Waals surface area (Å²) in [6.07, 6.45) is 2.22.